The zero-order chi connectivity index (χ0) is 20.4. The number of aliphatic hydroxyl groups excluding tert-OH is 2. The molecule has 5 nitrogen and oxygen atoms in total. The molecule has 2 amide bonds. The van der Waals surface area contributed by atoms with Crippen molar-refractivity contribution < 1.29 is 19.8 Å². The molecule has 29 heavy (non-hydrogen) atoms. The number of aliphatic hydroxyl groups is 2. The van der Waals surface area contributed by atoms with Crippen LogP contribution in [0.1, 0.15) is 31.1 Å². The van der Waals surface area contributed by atoms with Crippen LogP contribution in [0, 0.1) is 0 Å². The highest BCUT2D eigenvalue weighted by Crippen LogP contribution is 2.44. The van der Waals surface area contributed by atoms with Gasteiger partial charge in [-0.3, -0.25) is 14.5 Å². The lowest BCUT2D eigenvalue weighted by Gasteiger charge is -2.27. The van der Waals surface area contributed by atoms with Gasteiger partial charge in [0.2, 0.25) is 11.8 Å². The van der Waals surface area contributed by atoms with Gasteiger partial charge in [-0.25, -0.2) is 0 Å². The van der Waals surface area contributed by atoms with E-state index in [0.717, 1.165) is 37.9 Å². The predicted octanol–water partition coefficient (Wildman–Crippen LogP) is 3.90. The van der Waals surface area contributed by atoms with Crippen LogP contribution in [0.15, 0.2) is 48.5 Å². The molecule has 1 aliphatic carbocycles. The van der Waals surface area contributed by atoms with Gasteiger partial charge in [0.25, 0.3) is 0 Å². The Morgan fingerprint density at radius 2 is 1.62 bits per heavy atom. The molecule has 4 aromatic rings. The second-order valence-corrected chi connectivity index (χ2v) is 7.56. The summed E-state index contributed by atoms with van der Waals surface area (Å²) in [6.45, 7) is 2.76. The highest BCUT2D eigenvalue weighted by atomic mass is 16.3. The molecule has 0 saturated carbocycles. The minimum atomic E-state index is -1.01. The third kappa shape index (κ3) is 2.41. The van der Waals surface area contributed by atoms with E-state index in [1.807, 2.05) is 42.5 Å². The van der Waals surface area contributed by atoms with Crippen molar-refractivity contribution in [3.8, 4) is 0 Å². The molecule has 4 aromatic carbocycles. The summed E-state index contributed by atoms with van der Waals surface area (Å²) in [5.41, 5.74) is 2.06. The van der Waals surface area contributed by atoms with Gasteiger partial charge in [0.15, 0.2) is 0 Å². The van der Waals surface area contributed by atoms with E-state index in [1.54, 1.807) is 12.2 Å². The SMILES string of the molecule is CC(=O)N(C(C)=O)c1cc2cc3c(c4ccc5cccc1c5c24)[C@H](O)[C@@H](O)C=C3. The van der Waals surface area contributed by atoms with Gasteiger partial charge in [0.1, 0.15) is 12.2 Å². The lowest BCUT2D eigenvalue weighted by Crippen LogP contribution is -2.33. The highest BCUT2D eigenvalue weighted by Gasteiger charge is 2.28. The van der Waals surface area contributed by atoms with Crippen LogP contribution in [0.3, 0.4) is 0 Å². The van der Waals surface area contributed by atoms with Gasteiger partial charge in [-0.15, -0.1) is 0 Å². The van der Waals surface area contributed by atoms with Crippen LogP contribution in [0.2, 0.25) is 0 Å². The van der Waals surface area contributed by atoms with Crippen LogP contribution in [-0.4, -0.2) is 28.1 Å². The van der Waals surface area contributed by atoms with Gasteiger partial charge in [-0.05, 0) is 50.2 Å². The van der Waals surface area contributed by atoms with Crippen molar-refractivity contribution in [3.05, 3.63) is 59.7 Å². The third-order valence-corrected chi connectivity index (χ3v) is 5.78. The van der Waals surface area contributed by atoms with E-state index in [4.69, 9.17) is 0 Å². The number of imide groups is 1. The molecule has 0 saturated heterocycles. The molecule has 144 valence electrons. The van der Waals surface area contributed by atoms with Gasteiger partial charge in [-0.1, -0.05) is 42.5 Å². The minimum Gasteiger partial charge on any atom is -0.386 e. The summed E-state index contributed by atoms with van der Waals surface area (Å²) in [4.78, 5) is 25.7. The van der Waals surface area contributed by atoms with E-state index in [2.05, 4.69) is 0 Å². The van der Waals surface area contributed by atoms with Gasteiger partial charge in [-0.2, -0.15) is 0 Å². The fourth-order valence-electron chi connectivity index (χ4n) is 4.62. The first-order valence-corrected chi connectivity index (χ1v) is 9.48. The van der Waals surface area contributed by atoms with Crippen molar-refractivity contribution in [1.29, 1.82) is 0 Å². The molecule has 0 bridgehead atoms. The fourth-order valence-corrected chi connectivity index (χ4v) is 4.62. The van der Waals surface area contributed by atoms with E-state index in [9.17, 15) is 19.8 Å². The van der Waals surface area contributed by atoms with E-state index < -0.39 is 12.2 Å². The summed E-state index contributed by atoms with van der Waals surface area (Å²) < 4.78 is 0. The lowest BCUT2D eigenvalue weighted by atomic mass is 9.83. The molecule has 0 heterocycles. The van der Waals surface area contributed by atoms with E-state index in [-0.39, 0.29) is 11.8 Å². The zero-order valence-corrected chi connectivity index (χ0v) is 16.0. The molecule has 0 radical (unpaired) electrons. The summed E-state index contributed by atoms with van der Waals surface area (Å²) in [6.07, 6.45) is 1.41. The highest BCUT2D eigenvalue weighted by molar-refractivity contribution is 6.30. The Morgan fingerprint density at radius 1 is 0.897 bits per heavy atom. The Bertz CT molecular complexity index is 1340. The number of carbonyl (C=O) groups excluding carboxylic acids is 2. The Hall–Kier alpha value is -3.28. The van der Waals surface area contributed by atoms with Crippen molar-refractivity contribution in [2.45, 2.75) is 26.1 Å². The van der Waals surface area contributed by atoms with E-state index >= 15 is 0 Å². The van der Waals surface area contributed by atoms with Crippen LogP contribution in [0.4, 0.5) is 5.69 Å². The number of nitrogens with zero attached hydrogens (tertiary/aromatic N) is 1. The molecule has 5 heteroatoms. The van der Waals surface area contributed by atoms with Crippen molar-refractivity contribution in [2.75, 3.05) is 4.90 Å². The number of benzene rings is 4. The molecule has 0 aliphatic heterocycles. The van der Waals surface area contributed by atoms with Crippen LogP contribution in [0.5, 0.6) is 0 Å². The fraction of sp³-hybridized carbons (Fsp3) is 0.167. The molecule has 0 spiro atoms. The van der Waals surface area contributed by atoms with E-state index in [1.165, 1.54) is 18.7 Å². The number of rotatable bonds is 1. The van der Waals surface area contributed by atoms with E-state index in [0.29, 0.717) is 11.3 Å². The first-order chi connectivity index (χ1) is 13.9. The van der Waals surface area contributed by atoms with Crippen LogP contribution in [0.25, 0.3) is 38.4 Å². The van der Waals surface area contributed by atoms with Gasteiger partial charge < -0.3 is 10.2 Å². The normalized spacial score (nSPS) is 18.5. The number of hydrogen-bond acceptors (Lipinski definition) is 4. The lowest BCUT2D eigenvalue weighted by molar-refractivity contribution is -0.124. The Labute approximate surface area is 166 Å². The van der Waals surface area contributed by atoms with Crippen molar-refractivity contribution in [2.24, 2.45) is 0 Å². The number of anilines is 1. The summed E-state index contributed by atoms with van der Waals surface area (Å²) in [5.74, 6) is -0.680. The first-order valence-electron chi connectivity index (χ1n) is 9.48. The summed E-state index contributed by atoms with van der Waals surface area (Å²) in [7, 11) is 0. The first kappa shape index (κ1) is 17.8. The van der Waals surface area contributed by atoms with Crippen molar-refractivity contribution in [3.63, 3.8) is 0 Å². The predicted molar refractivity (Wildman–Crippen MR) is 114 cm³/mol. The van der Waals surface area contributed by atoms with Gasteiger partial charge in [0, 0.05) is 19.2 Å². The Balaban J connectivity index is 1.99. The molecule has 0 unspecified atom stereocenters. The largest absolute Gasteiger partial charge is 0.386 e. The maximum Gasteiger partial charge on any atom is 0.230 e. The molecule has 1 aliphatic rings. The number of carbonyl (C=O) groups is 2. The Morgan fingerprint density at radius 3 is 2.34 bits per heavy atom. The average molecular weight is 385 g/mol. The zero-order valence-electron chi connectivity index (χ0n) is 16.0. The summed E-state index contributed by atoms with van der Waals surface area (Å²) in [6, 6.07) is 13.5. The number of hydrogen-bond donors (Lipinski definition) is 2. The van der Waals surface area contributed by atoms with Crippen molar-refractivity contribution >= 4 is 55.9 Å². The molecular weight excluding hydrogens is 366 g/mol. The number of amides is 2. The molecule has 0 fully saturated rings. The topological polar surface area (TPSA) is 77.8 Å². The van der Waals surface area contributed by atoms with Gasteiger partial charge in [0.05, 0.1) is 5.69 Å². The smallest absolute Gasteiger partial charge is 0.230 e. The summed E-state index contributed by atoms with van der Waals surface area (Å²) >= 11 is 0. The van der Waals surface area contributed by atoms with Crippen molar-refractivity contribution in [1.82, 2.24) is 0 Å². The molecular formula is C24H19NO4. The second kappa shape index (κ2) is 6.11. The van der Waals surface area contributed by atoms with Crippen LogP contribution < -0.4 is 4.90 Å². The second-order valence-electron chi connectivity index (χ2n) is 7.56. The monoisotopic (exact) mass is 385 g/mol. The minimum absolute atomic E-state index is 0.340. The third-order valence-electron chi connectivity index (χ3n) is 5.78. The number of fused-ring (bicyclic) bond motifs is 2. The molecule has 2 atom stereocenters. The van der Waals surface area contributed by atoms with Gasteiger partial charge >= 0.3 is 0 Å². The Kier molecular flexibility index (Phi) is 3.75. The molecule has 0 aromatic heterocycles. The van der Waals surface area contributed by atoms with Crippen LogP contribution >= 0.6 is 0 Å². The molecule has 5 rings (SSSR count). The average Bonchev–Trinajstić information content (AvgIpc) is 2.68. The maximum atomic E-state index is 12.3. The quantitative estimate of drug-likeness (QED) is 0.487. The maximum absolute atomic E-state index is 12.3. The molecule has 2 N–H and O–H groups in total. The van der Waals surface area contributed by atoms with Crippen LogP contribution in [-0.2, 0) is 9.59 Å². The standard InChI is InChI=1S/C24H19NO4/c1-12(26)25(13(2)27)19-11-16-10-15-7-9-20(28)24(29)23(15)18-8-6-14-4-3-5-17(19)21(14)22(16)18/h3-11,20,24,28-29H,1-2H3/t20-,24+/m0/s1. The summed E-state index contributed by atoms with van der Waals surface area (Å²) in [5, 5.41) is 26.2.